The van der Waals surface area contributed by atoms with Gasteiger partial charge in [-0.25, -0.2) is 0 Å². The van der Waals surface area contributed by atoms with Crippen LogP contribution in [0.2, 0.25) is 0 Å². The van der Waals surface area contributed by atoms with Gasteiger partial charge in [-0.3, -0.25) is 4.79 Å². The number of carbonyl (C=O) groups excluding carboxylic acids is 1. The van der Waals surface area contributed by atoms with Crippen molar-refractivity contribution in [3.63, 3.8) is 0 Å². The summed E-state index contributed by atoms with van der Waals surface area (Å²) in [5.41, 5.74) is 1.11. The summed E-state index contributed by atoms with van der Waals surface area (Å²) >= 11 is 0. The fraction of sp³-hybridized carbons (Fsp3) is 0.250. The molecule has 0 aromatic heterocycles. The minimum atomic E-state index is -0.304. The van der Waals surface area contributed by atoms with Gasteiger partial charge in [-0.1, -0.05) is 6.07 Å². The zero-order chi connectivity index (χ0) is 19.1. The van der Waals surface area contributed by atoms with Gasteiger partial charge < -0.3 is 23.7 Å². The van der Waals surface area contributed by atoms with E-state index in [0.29, 0.717) is 28.6 Å². The zero-order valence-electron chi connectivity index (χ0n) is 15.5. The number of methoxy groups -OCH3 is 5. The number of carbonyl (C=O) groups is 1. The molecule has 0 bridgehead atoms. The summed E-state index contributed by atoms with van der Waals surface area (Å²) < 4.78 is 26.3. The first-order valence-electron chi connectivity index (χ1n) is 7.82. The number of hydrogen-bond donors (Lipinski definition) is 0. The predicted molar refractivity (Wildman–Crippen MR) is 98.4 cm³/mol. The molecule has 2 aromatic rings. The van der Waals surface area contributed by atoms with Crippen LogP contribution in [0.5, 0.6) is 23.0 Å². The predicted octanol–water partition coefficient (Wildman–Crippen LogP) is 3.59. The van der Waals surface area contributed by atoms with E-state index in [1.807, 2.05) is 0 Å². The second kappa shape index (κ2) is 8.80. The third-order valence-corrected chi connectivity index (χ3v) is 3.80. The molecular weight excluding hydrogens is 336 g/mol. The van der Waals surface area contributed by atoms with Crippen LogP contribution in [0, 0.1) is 0 Å². The molecule has 0 aliphatic heterocycles. The van der Waals surface area contributed by atoms with E-state index in [1.54, 1.807) is 63.8 Å². The fourth-order valence-corrected chi connectivity index (χ4v) is 2.43. The highest BCUT2D eigenvalue weighted by Crippen LogP contribution is 2.30. The summed E-state index contributed by atoms with van der Waals surface area (Å²) in [5.74, 6) is 2.03. The molecule has 2 aromatic carbocycles. The van der Waals surface area contributed by atoms with Crippen molar-refractivity contribution in [2.45, 2.75) is 0 Å². The molecule has 0 aliphatic carbocycles. The molecule has 0 spiro atoms. The average molecular weight is 358 g/mol. The second-order valence-corrected chi connectivity index (χ2v) is 5.22. The lowest BCUT2D eigenvalue weighted by Crippen LogP contribution is -2.07. The summed E-state index contributed by atoms with van der Waals surface area (Å²) in [6.07, 6.45) is 1.63. The number of benzene rings is 2. The summed E-state index contributed by atoms with van der Waals surface area (Å²) in [6.45, 7) is 0. The third kappa shape index (κ3) is 4.08. The van der Waals surface area contributed by atoms with E-state index in [1.165, 1.54) is 14.2 Å². The monoisotopic (exact) mass is 358 g/mol. The van der Waals surface area contributed by atoms with Crippen molar-refractivity contribution < 1.29 is 28.5 Å². The first-order valence-corrected chi connectivity index (χ1v) is 7.82. The van der Waals surface area contributed by atoms with Gasteiger partial charge in [0.05, 0.1) is 41.1 Å². The molecule has 0 saturated heterocycles. The Balaban J connectivity index is 2.41. The Bertz CT molecular complexity index is 810. The van der Waals surface area contributed by atoms with Crippen molar-refractivity contribution in [2.24, 2.45) is 0 Å². The van der Waals surface area contributed by atoms with Crippen molar-refractivity contribution in [3.05, 3.63) is 53.3 Å². The molecule has 0 heterocycles. The van der Waals surface area contributed by atoms with Gasteiger partial charge in [0.15, 0.2) is 17.3 Å². The molecule has 0 aliphatic rings. The van der Waals surface area contributed by atoms with Crippen LogP contribution in [0.25, 0.3) is 6.08 Å². The van der Waals surface area contributed by atoms with Gasteiger partial charge in [0.1, 0.15) is 11.5 Å². The maximum absolute atomic E-state index is 12.9. The smallest absolute Gasteiger partial charge is 0.231 e. The standard InChI is InChI=1S/C20H22O6/c1-22-14-7-8-15(17(12-14)24-3)20(21)19(26-5)11-13-6-9-16(23-2)18(10-13)25-4/h6-12H,1-5H3/b19-11+. The molecule has 0 amide bonds. The highest BCUT2D eigenvalue weighted by atomic mass is 16.5. The summed E-state index contributed by atoms with van der Waals surface area (Å²) in [7, 11) is 7.60. The lowest BCUT2D eigenvalue weighted by Gasteiger charge is -2.12. The van der Waals surface area contributed by atoms with Crippen LogP contribution in [0.1, 0.15) is 15.9 Å². The number of allylic oxidation sites excluding steroid dienone is 1. The first kappa shape index (κ1) is 19.2. The van der Waals surface area contributed by atoms with Crippen LogP contribution in [0.4, 0.5) is 0 Å². The van der Waals surface area contributed by atoms with Gasteiger partial charge in [0.25, 0.3) is 0 Å². The maximum Gasteiger partial charge on any atom is 0.231 e. The SMILES string of the molecule is CO/C(=C/c1ccc(OC)c(OC)c1)C(=O)c1ccc(OC)cc1OC. The van der Waals surface area contributed by atoms with Crippen LogP contribution in [0.15, 0.2) is 42.2 Å². The van der Waals surface area contributed by atoms with Crippen molar-refractivity contribution in [3.8, 4) is 23.0 Å². The average Bonchev–Trinajstić information content (AvgIpc) is 2.70. The highest BCUT2D eigenvalue weighted by molar-refractivity contribution is 6.11. The third-order valence-electron chi connectivity index (χ3n) is 3.80. The van der Waals surface area contributed by atoms with E-state index in [-0.39, 0.29) is 11.5 Å². The Kier molecular flexibility index (Phi) is 6.49. The number of ketones is 1. The van der Waals surface area contributed by atoms with Crippen molar-refractivity contribution in [1.29, 1.82) is 0 Å². The van der Waals surface area contributed by atoms with Crippen LogP contribution in [-0.2, 0) is 4.74 Å². The Morgan fingerprint density at radius 1 is 0.769 bits per heavy atom. The molecule has 6 heteroatoms. The van der Waals surface area contributed by atoms with Gasteiger partial charge in [-0.2, -0.15) is 0 Å². The molecule has 0 radical (unpaired) electrons. The number of ether oxygens (including phenoxy) is 5. The maximum atomic E-state index is 12.9. The number of Topliss-reactive ketones (excluding diaryl/α,β-unsaturated/α-hetero) is 1. The van der Waals surface area contributed by atoms with E-state index in [4.69, 9.17) is 23.7 Å². The van der Waals surface area contributed by atoms with Gasteiger partial charge in [-0.05, 0) is 35.9 Å². The van der Waals surface area contributed by atoms with Crippen LogP contribution < -0.4 is 18.9 Å². The van der Waals surface area contributed by atoms with Crippen LogP contribution in [-0.4, -0.2) is 41.3 Å². The van der Waals surface area contributed by atoms with Gasteiger partial charge in [0, 0.05) is 6.07 Å². The number of hydrogen-bond acceptors (Lipinski definition) is 6. The number of rotatable bonds is 8. The molecular formula is C20H22O6. The van der Waals surface area contributed by atoms with E-state index < -0.39 is 0 Å². The van der Waals surface area contributed by atoms with Gasteiger partial charge >= 0.3 is 0 Å². The molecule has 0 unspecified atom stereocenters. The minimum Gasteiger partial charge on any atom is -0.497 e. The zero-order valence-corrected chi connectivity index (χ0v) is 15.5. The summed E-state index contributed by atoms with van der Waals surface area (Å²) in [4.78, 5) is 12.9. The fourth-order valence-electron chi connectivity index (χ4n) is 2.43. The molecule has 26 heavy (non-hydrogen) atoms. The highest BCUT2D eigenvalue weighted by Gasteiger charge is 2.19. The molecule has 0 saturated carbocycles. The molecule has 138 valence electrons. The van der Waals surface area contributed by atoms with Crippen LogP contribution in [0.3, 0.4) is 0 Å². The quantitative estimate of drug-likeness (QED) is 0.408. The summed E-state index contributed by atoms with van der Waals surface area (Å²) in [5, 5.41) is 0. The van der Waals surface area contributed by atoms with Gasteiger partial charge in [-0.15, -0.1) is 0 Å². The Labute approximate surface area is 152 Å². The minimum absolute atomic E-state index is 0.167. The van der Waals surface area contributed by atoms with E-state index in [0.717, 1.165) is 5.56 Å². The molecule has 0 N–H and O–H groups in total. The normalized spacial score (nSPS) is 10.9. The van der Waals surface area contributed by atoms with Crippen molar-refractivity contribution >= 4 is 11.9 Å². The molecule has 0 atom stereocenters. The largest absolute Gasteiger partial charge is 0.497 e. The van der Waals surface area contributed by atoms with Crippen molar-refractivity contribution in [1.82, 2.24) is 0 Å². The van der Waals surface area contributed by atoms with Crippen LogP contribution >= 0.6 is 0 Å². The lowest BCUT2D eigenvalue weighted by molar-refractivity contribution is 0.0954. The summed E-state index contributed by atoms with van der Waals surface area (Å²) in [6, 6.07) is 10.3. The van der Waals surface area contributed by atoms with E-state index in [9.17, 15) is 4.79 Å². The van der Waals surface area contributed by atoms with Crippen molar-refractivity contribution in [2.75, 3.05) is 35.5 Å². The molecule has 0 fully saturated rings. The lowest BCUT2D eigenvalue weighted by atomic mass is 10.1. The second-order valence-electron chi connectivity index (χ2n) is 5.22. The van der Waals surface area contributed by atoms with E-state index in [2.05, 4.69) is 0 Å². The van der Waals surface area contributed by atoms with Gasteiger partial charge in [0.2, 0.25) is 5.78 Å². The molecule has 6 nitrogen and oxygen atoms in total. The van der Waals surface area contributed by atoms with E-state index >= 15 is 0 Å². The first-order chi connectivity index (χ1) is 12.6. The Hall–Kier alpha value is -3.15. The molecule has 2 rings (SSSR count). The topological polar surface area (TPSA) is 63.2 Å². The Morgan fingerprint density at radius 2 is 1.46 bits per heavy atom. The Morgan fingerprint density at radius 3 is 2.04 bits per heavy atom.